The van der Waals surface area contributed by atoms with E-state index in [1.54, 1.807) is 0 Å². The number of nitrogens with two attached hydrogens (primary N) is 1. The Labute approximate surface area is 122 Å². The van der Waals surface area contributed by atoms with Crippen LogP contribution in [-0.4, -0.2) is 41.9 Å². The number of hydrogen-bond donors (Lipinski definition) is 2. The number of amides is 2. The molecular formula is C15H29N3O2. The van der Waals surface area contributed by atoms with E-state index >= 15 is 0 Å². The van der Waals surface area contributed by atoms with Gasteiger partial charge < -0.3 is 16.0 Å². The zero-order valence-corrected chi connectivity index (χ0v) is 13.2. The molecule has 5 nitrogen and oxygen atoms in total. The molecule has 0 radical (unpaired) electrons. The van der Waals surface area contributed by atoms with Crippen molar-refractivity contribution in [1.29, 1.82) is 0 Å². The first-order valence-electron chi connectivity index (χ1n) is 7.65. The van der Waals surface area contributed by atoms with Crippen LogP contribution in [0.3, 0.4) is 0 Å². The van der Waals surface area contributed by atoms with Crippen molar-refractivity contribution < 1.29 is 9.59 Å². The molecule has 116 valence electrons. The summed E-state index contributed by atoms with van der Waals surface area (Å²) < 4.78 is 0. The number of hydrogen-bond acceptors (Lipinski definition) is 3. The molecule has 0 aromatic carbocycles. The van der Waals surface area contributed by atoms with Gasteiger partial charge in [0.15, 0.2) is 0 Å². The lowest BCUT2D eigenvalue weighted by Crippen LogP contribution is -2.49. The maximum Gasteiger partial charge on any atom is 0.242 e. The molecule has 0 spiro atoms. The fourth-order valence-electron chi connectivity index (χ4n) is 2.56. The minimum Gasteiger partial charge on any atom is -0.346 e. The standard InChI is InChI=1S/C15H29N3O2/c1-10(2)14(16)15(20)17-8-13(19)18-9-11(3)6-5-7-12(18)4/h10-12,14H,5-9,16H2,1-4H3,(H,17,20)/t11?,12?,14-/m0/s1. The first kappa shape index (κ1) is 17.0. The molecule has 0 bridgehead atoms. The zero-order valence-electron chi connectivity index (χ0n) is 13.2. The Bertz CT molecular complexity index is 344. The lowest BCUT2D eigenvalue weighted by atomic mass is 10.1. The van der Waals surface area contributed by atoms with Crippen molar-refractivity contribution in [3.05, 3.63) is 0 Å². The minimum absolute atomic E-state index is 0.00411. The molecule has 1 rings (SSSR count). The molecule has 3 N–H and O–H groups in total. The van der Waals surface area contributed by atoms with Crippen LogP contribution >= 0.6 is 0 Å². The number of nitrogens with zero attached hydrogens (tertiary/aromatic N) is 1. The molecule has 1 heterocycles. The van der Waals surface area contributed by atoms with E-state index in [0.29, 0.717) is 5.92 Å². The Morgan fingerprint density at radius 1 is 1.30 bits per heavy atom. The lowest BCUT2D eigenvalue weighted by Gasteiger charge is -2.29. The summed E-state index contributed by atoms with van der Waals surface area (Å²) in [6.45, 7) is 8.88. The molecule has 1 aliphatic rings. The highest BCUT2D eigenvalue weighted by atomic mass is 16.2. The highest BCUT2D eigenvalue weighted by molar-refractivity contribution is 5.87. The van der Waals surface area contributed by atoms with Gasteiger partial charge in [0.1, 0.15) is 0 Å². The summed E-state index contributed by atoms with van der Waals surface area (Å²) in [6, 6.07) is -0.300. The van der Waals surface area contributed by atoms with Crippen LogP contribution in [-0.2, 0) is 9.59 Å². The van der Waals surface area contributed by atoms with Gasteiger partial charge in [0.25, 0.3) is 0 Å². The molecule has 0 aliphatic carbocycles. The first-order valence-corrected chi connectivity index (χ1v) is 7.65. The predicted octanol–water partition coefficient (Wildman–Crippen LogP) is 1.12. The average molecular weight is 283 g/mol. The van der Waals surface area contributed by atoms with Crippen molar-refractivity contribution >= 4 is 11.8 Å². The molecule has 0 saturated carbocycles. The van der Waals surface area contributed by atoms with Gasteiger partial charge in [-0.05, 0) is 31.6 Å². The fourth-order valence-corrected chi connectivity index (χ4v) is 2.56. The quantitative estimate of drug-likeness (QED) is 0.812. The van der Waals surface area contributed by atoms with E-state index in [9.17, 15) is 9.59 Å². The molecule has 1 aliphatic heterocycles. The van der Waals surface area contributed by atoms with Gasteiger partial charge in [-0.15, -0.1) is 0 Å². The minimum atomic E-state index is -0.553. The molecule has 0 aromatic rings. The van der Waals surface area contributed by atoms with E-state index in [0.717, 1.165) is 19.4 Å². The van der Waals surface area contributed by atoms with E-state index in [1.807, 2.05) is 18.7 Å². The maximum atomic E-state index is 12.3. The highest BCUT2D eigenvalue weighted by Gasteiger charge is 2.26. The normalized spacial score (nSPS) is 25.2. The Morgan fingerprint density at radius 3 is 2.55 bits per heavy atom. The van der Waals surface area contributed by atoms with E-state index in [2.05, 4.69) is 19.2 Å². The number of carbonyl (C=O) groups is 2. The second-order valence-electron chi connectivity index (χ2n) is 6.42. The number of nitrogens with one attached hydrogen (secondary N) is 1. The van der Waals surface area contributed by atoms with Crippen LogP contribution in [0.2, 0.25) is 0 Å². The van der Waals surface area contributed by atoms with Gasteiger partial charge in [-0.1, -0.05) is 27.2 Å². The third kappa shape index (κ3) is 4.78. The summed E-state index contributed by atoms with van der Waals surface area (Å²) in [7, 11) is 0. The van der Waals surface area contributed by atoms with Crippen molar-refractivity contribution in [3.63, 3.8) is 0 Å². The lowest BCUT2D eigenvalue weighted by molar-refractivity contribution is -0.135. The van der Waals surface area contributed by atoms with Gasteiger partial charge in [-0.3, -0.25) is 9.59 Å². The van der Waals surface area contributed by atoms with Crippen molar-refractivity contribution in [3.8, 4) is 0 Å². The molecule has 0 aromatic heterocycles. The molecule has 1 saturated heterocycles. The summed E-state index contributed by atoms with van der Waals surface area (Å²) >= 11 is 0. The Kier molecular flexibility index (Phi) is 6.46. The summed E-state index contributed by atoms with van der Waals surface area (Å²) in [5, 5.41) is 2.66. The van der Waals surface area contributed by atoms with Gasteiger partial charge in [0, 0.05) is 12.6 Å². The largest absolute Gasteiger partial charge is 0.346 e. The number of likely N-dealkylation sites (tertiary alicyclic amines) is 1. The second-order valence-corrected chi connectivity index (χ2v) is 6.42. The van der Waals surface area contributed by atoms with Gasteiger partial charge in [0.2, 0.25) is 11.8 Å². The third-order valence-corrected chi connectivity index (χ3v) is 4.11. The van der Waals surface area contributed by atoms with Gasteiger partial charge in [-0.2, -0.15) is 0 Å². The summed E-state index contributed by atoms with van der Waals surface area (Å²) in [5.74, 6) is 0.346. The van der Waals surface area contributed by atoms with Crippen LogP contribution < -0.4 is 11.1 Å². The second kappa shape index (κ2) is 7.62. The Hall–Kier alpha value is -1.10. The summed E-state index contributed by atoms with van der Waals surface area (Å²) in [4.78, 5) is 26.0. The van der Waals surface area contributed by atoms with Crippen LogP contribution in [0, 0.1) is 11.8 Å². The van der Waals surface area contributed by atoms with Gasteiger partial charge >= 0.3 is 0 Å². The van der Waals surface area contributed by atoms with Crippen LogP contribution in [0.5, 0.6) is 0 Å². The Morgan fingerprint density at radius 2 is 1.95 bits per heavy atom. The van der Waals surface area contributed by atoms with Crippen LogP contribution in [0.1, 0.15) is 47.0 Å². The van der Waals surface area contributed by atoms with Gasteiger partial charge in [0.05, 0.1) is 12.6 Å². The van der Waals surface area contributed by atoms with Crippen molar-refractivity contribution in [1.82, 2.24) is 10.2 Å². The zero-order chi connectivity index (χ0) is 15.3. The summed E-state index contributed by atoms with van der Waals surface area (Å²) in [5.41, 5.74) is 5.76. The van der Waals surface area contributed by atoms with E-state index in [1.165, 1.54) is 6.42 Å². The monoisotopic (exact) mass is 283 g/mol. The molecule has 3 atom stereocenters. The van der Waals surface area contributed by atoms with E-state index in [-0.39, 0.29) is 30.3 Å². The molecular weight excluding hydrogens is 254 g/mol. The maximum absolute atomic E-state index is 12.3. The fraction of sp³-hybridized carbons (Fsp3) is 0.867. The first-order chi connectivity index (χ1) is 9.32. The van der Waals surface area contributed by atoms with E-state index in [4.69, 9.17) is 5.73 Å². The van der Waals surface area contributed by atoms with Crippen molar-refractivity contribution in [2.24, 2.45) is 17.6 Å². The van der Waals surface area contributed by atoms with Crippen molar-refractivity contribution in [2.75, 3.05) is 13.1 Å². The van der Waals surface area contributed by atoms with Crippen molar-refractivity contribution in [2.45, 2.75) is 59.0 Å². The predicted molar refractivity (Wildman–Crippen MR) is 80.0 cm³/mol. The molecule has 2 unspecified atom stereocenters. The molecule has 2 amide bonds. The SMILES string of the molecule is CC1CCCC(C)N(C(=O)CNC(=O)[C@@H](N)C(C)C)C1. The average Bonchev–Trinajstić information content (AvgIpc) is 2.56. The summed E-state index contributed by atoms with van der Waals surface area (Å²) in [6.07, 6.45) is 3.37. The number of rotatable bonds is 4. The third-order valence-electron chi connectivity index (χ3n) is 4.11. The molecule has 5 heteroatoms. The van der Waals surface area contributed by atoms with Crippen LogP contribution in [0.4, 0.5) is 0 Å². The smallest absolute Gasteiger partial charge is 0.242 e. The Balaban J connectivity index is 2.50. The van der Waals surface area contributed by atoms with Crippen LogP contribution in [0.15, 0.2) is 0 Å². The molecule has 1 fully saturated rings. The van der Waals surface area contributed by atoms with Crippen LogP contribution in [0.25, 0.3) is 0 Å². The topological polar surface area (TPSA) is 75.4 Å². The highest BCUT2D eigenvalue weighted by Crippen LogP contribution is 2.20. The van der Waals surface area contributed by atoms with E-state index < -0.39 is 6.04 Å². The van der Waals surface area contributed by atoms with Gasteiger partial charge in [-0.25, -0.2) is 0 Å². The molecule has 20 heavy (non-hydrogen) atoms. The number of carbonyl (C=O) groups excluding carboxylic acids is 2.